The fraction of sp³-hybridized carbons (Fsp3) is 0.538. The lowest BCUT2D eigenvalue weighted by molar-refractivity contribution is -0.118. The standard InChI is InChI=1S/C9H12N2O.2C2H6.H2/c1-7(12)9(10)6-8-2-4-11-5-3-8;2*1-2;/h2-5,9H,6,10H2,1H3;2*1-2H3;1H/t9-;;;/m0.../s1. The molecule has 0 radical (unpaired) electrons. The van der Waals surface area contributed by atoms with Gasteiger partial charge in [0.15, 0.2) is 0 Å². The van der Waals surface area contributed by atoms with Gasteiger partial charge >= 0.3 is 0 Å². The SMILES string of the molecule is CC.CC.CC(=O)[C@@H](N)Cc1ccncc1.[HH]. The van der Waals surface area contributed by atoms with Gasteiger partial charge in [-0.3, -0.25) is 9.78 Å². The highest BCUT2D eigenvalue weighted by Gasteiger charge is 2.07. The van der Waals surface area contributed by atoms with Gasteiger partial charge in [-0.25, -0.2) is 0 Å². The third-order valence-electron chi connectivity index (χ3n) is 1.73. The largest absolute Gasteiger partial charge is 0.321 e. The maximum absolute atomic E-state index is 10.8. The summed E-state index contributed by atoms with van der Waals surface area (Å²) < 4.78 is 0. The van der Waals surface area contributed by atoms with Crippen molar-refractivity contribution < 1.29 is 6.22 Å². The second-order valence-electron chi connectivity index (χ2n) is 2.78. The Hall–Kier alpha value is -1.22. The minimum Gasteiger partial charge on any atom is -0.321 e. The zero-order valence-corrected chi connectivity index (χ0v) is 11.0. The number of carbonyl (C=O) groups excluding carboxylic acids is 1. The Balaban J connectivity index is -0.000000355. The quantitative estimate of drug-likeness (QED) is 0.862. The van der Waals surface area contributed by atoms with E-state index < -0.39 is 0 Å². The van der Waals surface area contributed by atoms with Crippen molar-refractivity contribution in [1.29, 1.82) is 0 Å². The lowest BCUT2D eigenvalue weighted by atomic mass is 10.1. The van der Waals surface area contributed by atoms with Crippen LogP contribution in [0.3, 0.4) is 0 Å². The highest BCUT2D eigenvalue weighted by Crippen LogP contribution is 2.00. The molecule has 0 aliphatic heterocycles. The number of rotatable bonds is 3. The molecule has 0 spiro atoms. The van der Waals surface area contributed by atoms with Gasteiger partial charge in [0.05, 0.1) is 6.04 Å². The van der Waals surface area contributed by atoms with Crippen LogP contribution in [0.15, 0.2) is 24.5 Å². The first-order chi connectivity index (χ1) is 7.70. The van der Waals surface area contributed by atoms with Crippen LogP contribution in [0.5, 0.6) is 0 Å². The van der Waals surface area contributed by atoms with Crippen molar-refractivity contribution >= 4 is 5.78 Å². The van der Waals surface area contributed by atoms with E-state index in [0.29, 0.717) is 6.42 Å². The van der Waals surface area contributed by atoms with Crippen LogP contribution in [0.1, 0.15) is 41.6 Å². The molecule has 94 valence electrons. The summed E-state index contributed by atoms with van der Waals surface area (Å²) in [6.45, 7) is 9.51. The molecule has 0 aliphatic carbocycles. The number of pyridine rings is 1. The van der Waals surface area contributed by atoms with E-state index in [-0.39, 0.29) is 13.3 Å². The van der Waals surface area contributed by atoms with Crippen LogP contribution in [0.2, 0.25) is 0 Å². The zero-order valence-electron chi connectivity index (χ0n) is 11.0. The molecule has 1 rings (SSSR count). The molecule has 0 saturated carbocycles. The minimum absolute atomic E-state index is 0. The van der Waals surface area contributed by atoms with Crippen LogP contribution in [0, 0.1) is 0 Å². The molecule has 1 aromatic heterocycles. The zero-order chi connectivity index (χ0) is 13.0. The third-order valence-corrected chi connectivity index (χ3v) is 1.73. The van der Waals surface area contributed by atoms with Gasteiger partial charge in [-0.1, -0.05) is 27.7 Å². The first-order valence-electron chi connectivity index (χ1n) is 5.85. The van der Waals surface area contributed by atoms with E-state index in [1.165, 1.54) is 6.92 Å². The topological polar surface area (TPSA) is 56.0 Å². The van der Waals surface area contributed by atoms with Crippen molar-refractivity contribution in [2.45, 2.75) is 47.1 Å². The van der Waals surface area contributed by atoms with Crippen molar-refractivity contribution in [3.05, 3.63) is 30.1 Å². The molecule has 1 heterocycles. The van der Waals surface area contributed by atoms with Gasteiger partial charge in [-0.05, 0) is 31.0 Å². The highest BCUT2D eigenvalue weighted by atomic mass is 16.1. The van der Waals surface area contributed by atoms with Crippen molar-refractivity contribution in [3.8, 4) is 0 Å². The molecule has 1 aromatic rings. The summed E-state index contributed by atoms with van der Waals surface area (Å²) in [6.07, 6.45) is 3.99. The van der Waals surface area contributed by atoms with E-state index in [2.05, 4.69) is 4.98 Å². The van der Waals surface area contributed by atoms with Gasteiger partial charge in [0, 0.05) is 13.8 Å². The lowest BCUT2D eigenvalue weighted by Gasteiger charge is -2.06. The van der Waals surface area contributed by atoms with Crippen LogP contribution in [-0.4, -0.2) is 16.8 Å². The third kappa shape index (κ3) is 8.12. The van der Waals surface area contributed by atoms with E-state index in [9.17, 15) is 4.79 Å². The molecule has 0 aliphatic rings. The monoisotopic (exact) mass is 226 g/mol. The van der Waals surface area contributed by atoms with Crippen molar-refractivity contribution in [1.82, 2.24) is 4.98 Å². The van der Waals surface area contributed by atoms with Crippen molar-refractivity contribution in [2.75, 3.05) is 0 Å². The maximum Gasteiger partial charge on any atom is 0.146 e. The predicted molar refractivity (Wildman–Crippen MR) is 71.4 cm³/mol. The number of aromatic nitrogens is 1. The molecular formula is C13H26N2O. The van der Waals surface area contributed by atoms with E-state index >= 15 is 0 Å². The molecule has 0 saturated heterocycles. The van der Waals surface area contributed by atoms with Crippen LogP contribution in [-0.2, 0) is 11.2 Å². The fourth-order valence-electron chi connectivity index (χ4n) is 0.917. The van der Waals surface area contributed by atoms with E-state index in [0.717, 1.165) is 5.56 Å². The van der Waals surface area contributed by atoms with E-state index in [1.54, 1.807) is 12.4 Å². The van der Waals surface area contributed by atoms with Crippen LogP contribution >= 0.6 is 0 Å². The average Bonchev–Trinajstić information content (AvgIpc) is 2.35. The molecule has 16 heavy (non-hydrogen) atoms. The lowest BCUT2D eigenvalue weighted by Crippen LogP contribution is -2.30. The summed E-state index contributed by atoms with van der Waals surface area (Å²) in [6, 6.07) is 3.35. The number of ketones is 1. The van der Waals surface area contributed by atoms with Crippen molar-refractivity contribution in [2.24, 2.45) is 5.73 Å². The Morgan fingerprint density at radius 3 is 2.12 bits per heavy atom. The summed E-state index contributed by atoms with van der Waals surface area (Å²) in [4.78, 5) is 14.7. The van der Waals surface area contributed by atoms with Gasteiger partial charge in [0.25, 0.3) is 0 Å². The van der Waals surface area contributed by atoms with Crippen LogP contribution in [0.4, 0.5) is 0 Å². The second kappa shape index (κ2) is 11.9. The summed E-state index contributed by atoms with van der Waals surface area (Å²) >= 11 is 0. The fourth-order valence-corrected chi connectivity index (χ4v) is 0.917. The van der Waals surface area contributed by atoms with Crippen LogP contribution in [0.25, 0.3) is 0 Å². The number of carbonyl (C=O) groups is 1. The van der Waals surface area contributed by atoms with Gasteiger partial charge in [0.2, 0.25) is 0 Å². The molecule has 0 bridgehead atoms. The Bertz CT molecular complexity index is 265. The van der Waals surface area contributed by atoms with Gasteiger partial charge < -0.3 is 5.73 Å². The molecule has 3 nitrogen and oxygen atoms in total. The van der Waals surface area contributed by atoms with Gasteiger partial charge in [-0.15, -0.1) is 0 Å². The molecule has 0 amide bonds. The summed E-state index contributed by atoms with van der Waals surface area (Å²) in [5.74, 6) is 0.0202. The Morgan fingerprint density at radius 2 is 1.75 bits per heavy atom. The number of Topliss-reactive ketones (excluding diaryl/α,β-unsaturated/α-hetero) is 1. The first-order valence-corrected chi connectivity index (χ1v) is 5.85. The number of hydrogen-bond acceptors (Lipinski definition) is 3. The average molecular weight is 226 g/mol. The minimum atomic E-state index is -0.382. The summed E-state index contributed by atoms with van der Waals surface area (Å²) in [5, 5.41) is 0. The van der Waals surface area contributed by atoms with Gasteiger partial charge in [0.1, 0.15) is 5.78 Å². The predicted octanol–water partition coefficient (Wildman–Crippen LogP) is 2.84. The Kier molecular flexibility index (Phi) is 12.7. The molecule has 3 heteroatoms. The normalized spacial score (nSPS) is 10.1. The Labute approximate surface area is 101 Å². The number of nitrogens with zero attached hydrogens (tertiary/aromatic N) is 1. The second-order valence-corrected chi connectivity index (χ2v) is 2.78. The smallest absolute Gasteiger partial charge is 0.146 e. The van der Waals surface area contributed by atoms with Gasteiger partial charge in [-0.2, -0.15) is 0 Å². The highest BCUT2D eigenvalue weighted by molar-refractivity contribution is 5.81. The van der Waals surface area contributed by atoms with E-state index in [1.807, 2.05) is 39.8 Å². The Morgan fingerprint density at radius 1 is 1.31 bits per heavy atom. The number of nitrogens with two attached hydrogens (primary N) is 1. The van der Waals surface area contributed by atoms with Crippen molar-refractivity contribution in [3.63, 3.8) is 0 Å². The molecular weight excluding hydrogens is 200 g/mol. The molecule has 2 N–H and O–H groups in total. The maximum atomic E-state index is 10.8. The first kappa shape index (κ1) is 17.2. The number of hydrogen-bond donors (Lipinski definition) is 1. The molecule has 0 fully saturated rings. The summed E-state index contributed by atoms with van der Waals surface area (Å²) in [7, 11) is 0. The molecule has 0 unspecified atom stereocenters. The van der Waals surface area contributed by atoms with Crippen LogP contribution < -0.4 is 5.73 Å². The summed E-state index contributed by atoms with van der Waals surface area (Å²) in [5.41, 5.74) is 6.63. The van der Waals surface area contributed by atoms with E-state index in [4.69, 9.17) is 5.73 Å². The molecule has 1 atom stereocenters. The molecule has 0 aromatic carbocycles.